The van der Waals surface area contributed by atoms with Crippen LogP contribution in [0.1, 0.15) is 11.1 Å². The molecule has 0 amide bonds. The zero-order valence-electron chi connectivity index (χ0n) is 14.2. The van der Waals surface area contributed by atoms with Gasteiger partial charge in [0.2, 0.25) is 0 Å². The molecular formula is C19H17ClF2N4O. The Labute approximate surface area is 160 Å². The Hall–Kier alpha value is -2.79. The summed E-state index contributed by atoms with van der Waals surface area (Å²) in [5, 5.41) is 18.6. The van der Waals surface area contributed by atoms with Crippen LogP contribution in [0.4, 0.5) is 8.78 Å². The zero-order chi connectivity index (χ0) is 18.7. The predicted molar refractivity (Wildman–Crippen MR) is 101 cm³/mol. The van der Waals surface area contributed by atoms with Crippen molar-refractivity contribution in [2.24, 2.45) is 5.73 Å². The summed E-state index contributed by atoms with van der Waals surface area (Å²) in [7, 11) is 0. The fraction of sp³-hybridized carbons (Fsp3) is 0.158. The van der Waals surface area contributed by atoms with Crippen LogP contribution in [0.2, 0.25) is 0 Å². The van der Waals surface area contributed by atoms with Crippen LogP contribution in [0.25, 0.3) is 22.2 Å². The fourth-order valence-electron chi connectivity index (χ4n) is 2.79. The minimum atomic E-state index is -0.498. The zero-order valence-corrected chi connectivity index (χ0v) is 15.0. The second-order valence-electron chi connectivity index (χ2n) is 5.73. The number of benzene rings is 2. The number of halogens is 3. The number of rotatable bonds is 5. The van der Waals surface area contributed by atoms with Crippen molar-refractivity contribution in [1.29, 1.82) is 5.26 Å². The lowest BCUT2D eigenvalue weighted by Gasteiger charge is -2.09. The van der Waals surface area contributed by atoms with Crippen molar-refractivity contribution < 1.29 is 13.9 Å². The van der Waals surface area contributed by atoms with Gasteiger partial charge in [0.05, 0.1) is 42.1 Å². The molecule has 0 radical (unpaired) electrons. The molecular weight excluding hydrogens is 374 g/mol. The molecule has 0 aliphatic heterocycles. The maximum absolute atomic E-state index is 14.4. The molecule has 3 N–H and O–H groups in total. The van der Waals surface area contributed by atoms with Crippen LogP contribution in [0.15, 0.2) is 48.6 Å². The summed E-state index contributed by atoms with van der Waals surface area (Å²) in [6.07, 6.45) is 2.69. The maximum Gasteiger partial charge on any atom is 0.131 e. The first-order valence-electron chi connectivity index (χ1n) is 7.90. The molecule has 3 rings (SSSR count). The van der Waals surface area contributed by atoms with E-state index in [2.05, 4.69) is 4.98 Å². The van der Waals surface area contributed by atoms with Crippen molar-refractivity contribution in [3.63, 3.8) is 0 Å². The highest BCUT2D eigenvalue weighted by Crippen LogP contribution is 2.32. The fourth-order valence-corrected chi connectivity index (χ4v) is 2.79. The van der Waals surface area contributed by atoms with E-state index in [0.29, 0.717) is 27.7 Å². The Morgan fingerprint density at radius 1 is 1.30 bits per heavy atom. The van der Waals surface area contributed by atoms with Gasteiger partial charge in [-0.15, -0.1) is 12.4 Å². The number of fused-ring (bicyclic) bond motifs is 1. The van der Waals surface area contributed by atoms with E-state index < -0.39 is 11.6 Å². The number of nitrogens with zero attached hydrogens (tertiary/aromatic N) is 3. The van der Waals surface area contributed by atoms with E-state index in [1.807, 2.05) is 6.07 Å². The highest BCUT2D eigenvalue weighted by Gasteiger charge is 2.16. The van der Waals surface area contributed by atoms with E-state index in [4.69, 9.17) is 5.73 Å². The molecule has 2 aromatic carbocycles. The van der Waals surface area contributed by atoms with Gasteiger partial charge in [-0.2, -0.15) is 5.26 Å². The molecule has 8 heteroatoms. The number of hydrogen-bond acceptors (Lipinski definition) is 4. The van der Waals surface area contributed by atoms with Gasteiger partial charge in [0, 0.05) is 17.7 Å². The number of aliphatic hydroxyl groups excluding tert-OH is 1. The van der Waals surface area contributed by atoms with Crippen LogP contribution in [-0.2, 0) is 13.2 Å². The number of hydrogen-bond donors (Lipinski definition) is 2. The van der Waals surface area contributed by atoms with Gasteiger partial charge in [-0.05, 0) is 35.9 Å². The van der Waals surface area contributed by atoms with Gasteiger partial charge in [0.25, 0.3) is 0 Å². The van der Waals surface area contributed by atoms with Gasteiger partial charge < -0.3 is 15.4 Å². The van der Waals surface area contributed by atoms with Crippen LogP contribution >= 0.6 is 12.4 Å². The molecule has 0 aliphatic rings. The van der Waals surface area contributed by atoms with Gasteiger partial charge in [0.1, 0.15) is 11.6 Å². The number of nitriles is 1. The maximum atomic E-state index is 14.4. The number of aliphatic hydroxyl groups is 1. The van der Waals surface area contributed by atoms with E-state index in [9.17, 15) is 19.1 Å². The Kier molecular flexibility index (Phi) is 6.64. The third-order valence-electron chi connectivity index (χ3n) is 4.02. The number of allylic oxidation sites excluding steroid dienone is 1. The Balaban J connectivity index is 0.00000261. The summed E-state index contributed by atoms with van der Waals surface area (Å²) >= 11 is 0. The lowest BCUT2D eigenvalue weighted by molar-refractivity contribution is 0.282. The normalized spacial score (nSPS) is 11.3. The minimum absolute atomic E-state index is 0. The Bertz CT molecular complexity index is 1040. The number of nitrogens with two attached hydrogens (primary N) is 1. The first-order chi connectivity index (χ1) is 12.6. The molecule has 0 atom stereocenters. The molecule has 0 spiro atoms. The van der Waals surface area contributed by atoms with E-state index in [-0.39, 0.29) is 37.7 Å². The minimum Gasteiger partial charge on any atom is -0.392 e. The van der Waals surface area contributed by atoms with Gasteiger partial charge in [-0.3, -0.25) is 0 Å². The summed E-state index contributed by atoms with van der Waals surface area (Å²) in [5.74, 6) is -0.925. The van der Waals surface area contributed by atoms with Gasteiger partial charge in [0.15, 0.2) is 0 Å². The van der Waals surface area contributed by atoms with E-state index >= 15 is 0 Å². The lowest BCUT2D eigenvalue weighted by Crippen LogP contribution is -2.00. The molecule has 1 heterocycles. The predicted octanol–water partition coefficient (Wildman–Crippen LogP) is 3.44. The van der Waals surface area contributed by atoms with Crippen molar-refractivity contribution in [2.45, 2.75) is 13.2 Å². The molecule has 0 aliphatic carbocycles. The summed E-state index contributed by atoms with van der Waals surface area (Å²) in [6.45, 7) is -0.245. The van der Waals surface area contributed by atoms with Crippen LogP contribution in [0, 0.1) is 17.1 Å². The third kappa shape index (κ3) is 4.14. The average Bonchev–Trinajstić information content (AvgIpc) is 3.04. The Morgan fingerprint density at radius 2 is 2.07 bits per heavy atom. The molecule has 140 valence electrons. The third-order valence-corrected chi connectivity index (χ3v) is 4.02. The van der Waals surface area contributed by atoms with Crippen LogP contribution in [0.5, 0.6) is 0 Å². The summed E-state index contributed by atoms with van der Waals surface area (Å²) in [5.41, 5.74) is 7.73. The monoisotopic (exact) mass is 390 g/mol. The highest BCUT2D eigenvalue weighted by molar-refractivity contribution is 5.93. The number of imidazole rings is 1. The topological polar surface area (TPSA) is 87.9 Å². The van der Waals surface area contributed by atoms with Gasteiger partial charge >= 0.3 is 0 Å². The first-order valence-corrected chi connectivity index (χ1v) is 7.90. The van der Waals surface area contributed by atoms with Crippen molar-refractivity contribution in [3.8, 4) is 17.2 Å². The molecule has 0 fully saturated rings. The molecule has 27 heavy (non-hydrogen) atoms. The number of aromatic nitrogens is 2. The van der Waals surface area contributed by atoms with Crippen molar-refractivity contribution in [2.75, 3.05) is 6.54 Å². The smallest absolute Gasteiger partial charge is 0.131 e. The molecule has 0 bridgehead atoms. The van der Waals surface area contributed by atoms with Crippen LogP contribution in [-0.4, -0.2) is 21.2 Å². The van der Waals surface area contributed by atoms with Crippen molar-refractivity contribution in [1.82, 2.24) is 9.55 Å². The molecule has 0 unspecified atom stereocenters. The quantitative estimate of drug-likeness (QED) is 0.698. The second kappa shape index (κ2) is 8.73. The molecule has 0 saturated carbocycles. The Morgan fingerprint density at radius 3 is 2.74 bits per heavy atom. The van der Waals surface area contributed by atoms with Gasteiger partial charge in [-0.1, -0.05) is 6.07 Å². The molecule has 3 aromatic rings. The van der Waals surface area contributed by atoms with E-state index in [0.717, 1.165) is 0 Å². The average molecular weight is 391 g/mol. The molecule has 5 nitrogen and oxygen atoms in total. The SMILES string of the molecule is Cl.N#Cc1cc(-c2cc(CO)ccc2F)c2ncn(C/C(F)=C/CN)c2c1. The summed E-state index contributed by atoms with van der Waals surface area (Å²) < 4.78 is 29.8. The van der Waals surface area contributed by atoms with E-state index in [1.165, 1.54) is 41.2 Å². The summed E-state index contributed by atoms with van der Waals surface area (Å²) in [4.78, 5) is 4.28. The standard InChI is InChI=1S/C19H16F2N4O.ClH/c20-14(3-4-22)9-25-11-24-19-16(6-13(8-23)7-18(19)25)15-5-12(10-26)1-2-17(15)21;/h1-3,5-7,11,26H,4,9-10,22H2;1H/b14-3-;. The second-order valence-corrected chi connectivity index (χ2v) is 5.73. The van der Waals surface area contributed by atoms with Crippen LogP contribution < -0.4 is 5.73 Å². The van der Waals surface area contributed by atoms with Gasteiger partial charge in [-0.25, -0.2) is 13.8 Å². The molecule has 0 saturated heterocycles. The van der Waals surface area contributed by atoms with Crippen molar-refractivity contribution >= 4 is 23.4 Å². The lowest BCUT2D eigenvalue weighted by atomic mass is 9.99. The van der Waals surface area contributed by atoms with Crippen LogP contribution in [0.3, 0.4) is 0 Å². The van der Waals surface area contributed by atoms with Crippen molar-refractivity contribution in [3.05, 3.63) is 65.5 Å². The largest absolute Gasteiger partial charge is 0.392 e. The summed E-state index contributed by atoms with van der Waals surface area (Å²) in [6, 6.07) is 9.39. The first kappa shape index (κ1) is 20.5. The highest BCUT2D eigenvalue weighted by atomic mass is 35.5. The van der Waals surface area contributed by atoms with E-state index in [1.54, 1.807) is 6.07 Å². The molecule has 1 aromatic heterocycles.